The molecule has 0 bridgehead atoms. The van der Waals surface area contributed by atoms with Gasteiger partial charge < -0.3 is 13.9 Å². The normalized spacial score (nSPS) is 24.0. The lowest BCUT2D eigenvalue weighted by Gasteiger charge is -2.39. The molecular formula is C19H39BO3S2. The van der Waals surface area contributed by atoms with E-state index in [9.17, 15) is 4.55 Å². The van der Waals surface area contributed by atoms with Crippen molar-refractivity contribution in [3.8, 4) is 0 Å². The molecule has 148 valence electrons. The van der Waals surface area contributed by atoms with Crippen LogP contribution in [0.4, 0.5) is 0 Å². The average Bonchev–Trinajstić information content (AvgIpc) is 3.06. The van der Waals surface area contributed by atoms with Crippen molar-refractivity contribution in [2.24, 2.45) is 0 Å². The molecule has 0 radical (unpaired) electrons. The summed E-state index contributed by atoms with van der Waals surface area (Å²) in [6.45, 7) is 10.2. The van der Waals surface area contributed by atoms with Crippen LogP contribution in [-0.2, 0) is 9.31 Å². The molecule has 1 heterocycles. The molecule has 1 fully saturated rings. The van der Waals surface area contributed by atoms with Crippen LogP contribution >= 0.6 is 22.1 Å². The van der Waals surface area contributed by atoms with Gasteiger partial charge in [-0.05, 0) is 43.4 Å². The summed E-state index contributed by atoms with van der Waals surface area (Å²) in [5.41, 5.74) is 0. The van der Waals surface area contributed by atoms with Crippen molar-refractivity contribution in [1.29, 1.82) is 0 Å². The molecule has 0 spiro atoms. The largest absolute Gasteiger partial charge is 0.461 e. The first kappa shape index (κ1) is 23.4. The first-order valence-electron chi connectivity index (χ1n) is 9.77. The zero-order chi connectivity index (χ0) is 18.9. The molecule has 2 aliphatic rings. The molecule has 1 aliphatic carbocycles. The number of rotatable bonds is 7. The molecule has 1 aliphatic heterocycles. The van der Waals surface area contributed by atoms with Crippen LogP contribution in [0.5, 0.6) is 0 Å². The van der Waals surface area contributed by atoms with E-state index in [1.807, 2.05) is 12.5 Å². The fourth-order valence-corrected chi connectivity index (χ4v) is 6.92. The van der Waals surface area contributed by atoms with Gasteiger partial charge in [-0.1, -0.05) is 46.3 Å². The quantitative estimate of drug-likeness (QED) is 0.437. The minimum Gasteiger partial charge on any atom is -0.409 e. The maximum absolute atomic E-state index is 10.2. The van der Waals surface area contributed by atoms with Crippen molar-refractivity contribution in [2.75, 3.05) is 25.7 Å². The van der Waals surface area contributed by atoms with Crippen molar-refractivity contribution in [3.63, 3.8) is 0 Å². The number of hydrogen-bond donors (Lipinski definition) is 1. The molecule has 0 aromatic carbocycles. The number of hydrogen-bond acceptors (Lipinski definition) is 4. The monoisotopic (exact) mass is 390 g/mol. The Morgan fingerprint density at radius 2 is 1.80 bits per heavy atom. The first-order chi connectivity index (χ1) is 11.8. The Labute approximate surface area is 162 Å². The third-order valence-corrected chi connectivity index (χ3v) is 8.30. The predicted octanol–water partition coefficient (Wildman–Crippen LogP) is 5.85. The highest BCUT2D eigenvalue weighted by molar-refractivity contribution is 8.28. The van der Waals surface area contributed by atoms with Gasteiger partial charge in [0.15, 0.2) is 0 Å². The van der Waals surface area contributed by atoms with Gasteiger partial charge in [0, 0.05) is 16.3 Å². The first-order valence-corrected chi connectivity index (χ1v) is 13.2. The smallest absolute Gasteiger partial charge is 0.409 e. The van der Waals surface area contributed by atoms with Crippen LogP contribution in [0.3, 0.4) is 0 Å². The van der Waals surface area contributed by atoms with Crippen molar-refractivity contribution in [2.45, 2.75) is 81.4 Å². The maximum Gasteiger partial charge on any atom is 0.461 e. The molecule has 0 amide bonds. The van der Waals surface area contributed by atoms with Crippen molar-refractivity contribution >= 4 is 29.2 Å². The molecule has 6 heteroatoms. The summed E-state index contributed by atoms with van der Waals surface area (Å²) in [5, 5.41) is 2.02. The second-order valence-electron chi connectivity index (χ2n) is 7.57. The molecule has 0 saturated carbocycles. The topological polar surface area (TPSA) is 38.7 Å². The van der Waals surface area contributed by atoms with Crippen LogP contribution in [-0.4, -0.2) is 53.1 Å². The zero-order valence-electron chi connectivity index (χ0n) is 17.1. The molecule has 3 unspecified atom stereocenters. The van der Waals surface area contributed by atoms with Gasteiger partial charge in [-0.2, -0.15) is 11.8 Å². The Hall–Kier alpha value is 0.385. The van der Waals surface area contributed by atoms with Gasteiger partial charge >= 0.3 is 7.12 Å². The van der Waals surface area contributed by atoms with Gasteiger partial charge in [0.25, 0.3) is 0 Å². The van der Waals surface area contributed by atoms with Crippen LogP contribution in [0.15, 0.2) is 12.2 Å². The molecule has 0 aromatic heterocycles. The lowest BCUT2D eigenvalue weighted by atomic mass is 9.68. The van der Waals surface area contributed by atoms with E-state index in [1.54, 1.807) is 0 Å². The van der Waals surface area contributed by atoms with E-state index in [0.29, 0.717) is 24.3 Å². The SMILES string of the molecule is CC(C)SC1CC=CCC1.CCC(B1OCCO1)C(CC)S(C)(C)O. The third-order valence-electron chi connectivity index (χ3n) is 4.77. The molecular weight excluding hydrogens is 351 g/mol. The molecule has 3 atom stereocenters. The van der Waals surface area contributed by atoms with E-state index in [-0.39, 0.29) is 7.12 Å². The summed E-state index contributed by atoms with van der Waals surface area (Å²) >= 11 is 2.12. The second-order valence-corrected chi connectivity index (χ2v) is 12.8. The van der Waals surface area contributed by atoms with E-state index in [2.05, 4.69) is 51.6 Å². The maximum atomic E-state index is 10.2. The van der Waals surface area contributed by atoms with Crippen LogP contribution in [0.25, 0.3) is 0 Å². The van der Waals surface area contributed by atoms with Crippen LogP contribution < -0.4 is 0 Å². The van der Waals surface area contributed by atoms with Crippen LogP contribution in [0.2, 0.25) is 5.82 Å². The minimum atomic E-state index is -1.52. The minimum absolute atomic E-state index is 0.0983. The summed E-state index contributed by atoms with van der Waals surface area (Å²) in [6, 6.07) is 0. The molecule has 0 aromatic rings. The zero-order valence-corrected chi connectivity index (χ0v) is 18.7. The Kier molecular flexibility index (Phi) is 11.2. The van der Waals surface area contributed by atoms with Gasteiger partial charge in [-0.15, -0.1) is 10.3 Å². The van der Waals surface area contributed by atoms with Crippen molar-refractivity contribution in [1.82, 2.24) is 0 Å². The standard InChI is InChI=1S/C10H23BO3S.C9H16S/c1-5-9(11-13-7-8-14-11)10(6-2)15(3,4)12;1-8(2)10-9-6-4-3-5-7-9/h9-10,12H,5-8H2,1-4H3;3-4,8-9H,5-7H2,1-2H3. The fraction of sp³-hybridized carbons (Fsp3) is 0.895. The molecule has 2 rings (SSSR count). The van der Waals surface area contributed by atoms with Crippen molar-refractivity contribution in [3.05, 3.63) is 12.2 Å². The van der Waals surface area contributed by atoms with Gasteiger partial charge in [-0.3, -0.25) is 0 Å². The van der Waals surface area contributed by atoms with E-state index < -0.39 is 10.3 Å². The highest BCUT2D eigenvalue weighted by Crippen LogP contribution is 2.50. The van der Waals surface area contributed by atoms with Crippen LogP contribution in [0.1, 0.15) is 59.8 Å². The van der Waals surface area contributed by atoms with Crippen molar-refractivity contribution < 1.29 is 13.9 Å². The Balaban J connectivity index is 0.000000271. The van der Waals surface area contributed by atoms with E-state index in [4.69, 9.17) is 9.31 Å². The van der Waals surface area contributed by atoms with E-state index >= 15 is 0 Å². The molecule has 3 nitrogen and oxygen atoms in total. The Morgan fingerprint density at radius 3 is 2.20 bits per heavy atom. The summed E-state index contributed by atoms with van der Waals surface area (Å²) in [6.07, 6.45) is 14.5. The summed E-state index contributed by atoms with van der Waals surface area (Å²) in [7, 11) is -1.62. The summed E-state index contributed by atoms with van der Waals surface area (Å²) in [4.78, 5) is 0. The highest BCUT2D eigenvalue weighted by atomic mass is 32.3. The highest BCUT2D eigenvalue weighted by Gasteiger charge is 2.41. The molecule has 25 heavy (non-hydrogen) atoms. The molecule has 1 saturated heterocycles. The predicted molar refractivity (Wildman–Crippen MR) is 117 cm³/mol. The number of thioether (sulfide) groups is 1. The summed E-state index contributed by atoms with van der Waals surface area (Å²) < 4.78 is 21.3. The lowest BCUT2D eigenvalue weighted by Crippen LogP contribution is -2.33. The Morgan fingerprint density at radius 1 is 1.16 bits per heavy atom. The summed E-state index contributed by atoms with van der Waals surface area (Å²) in [5.74, 6) is 0.326. The average molecular weight is 390 g/mol. The van der Waals surface area contributed by atoms with Gasteiger partial charge in [0.05, 0.1) is 13.2 Å². The van der Waals surface area contributed by atoms with Gasteiger partial charge in [-0.25, -0.2) is 0 Å². The fourth-order valence-electron chi connectivity index (χ4n) is 3.67. The third kappa shape index (κ3) is 8.74. The van der Waals surface area contributed by atoms with Crippen LogP contribution in [0, 0.1) is 0 Å². The van der Waals surface area contributed by atoms with Gasteiger partial charge in [0.2, 0.25) is 0 Å². The lowest BCUT2D eigenvalue weighted by molar-refractivity contribution is 0.348. The number of allylic oxidation sites excluding steroid dienone is 2. The van der Waals surface area contributed by atoms with E-state index in [0.717, 1.165) is 23.3 Å². The second kappa shape index (κ2) is 12.0. The van der Waals surface area contributed by atoms with E-state index in [1.165, 1.54) is 19.3 Å². The molecule has 1 N–H and O–H groups in total. The van der Waals surface area contributed by atoms with Gasteiger partial charge in [0.1, 0.15) is 0 Å². The Bertz CT molecular complexity index is 379.